The van der Waals surface area contributed by atoms with Crippen LogP contribution in [0.4, 0.5) is 5.69 Å². The minimum Gasteiger partial charge on any atom is -0.370 e. The third kappa shape index (κ3) is 4.80. The van der Waals surface area contributed by atoms with Crippen molar-refractivity contribution in [2.75, 3.05) is 39.2 Å². The third-order valence-electron chi connectivity index (χ3n) is 2.38. The number of carbonyl (C=O) groups excluding carboxylic acids is 2. The van der Waals surface area contributed by atoms with Gasteiger partial charge in [-0.05, 0) is 18.2 Å². The summed E-state index contributed by atoms with van der Waals surface area (Å²) in [6.45, 7) is 0.588. The van der Waals surface area contributed by atoms with Gasteiger partial charge in [0, 0.05) is 26.3 Å². The number of rotatable bonds is 6. The van der Waals surface area contributed by atoms with E-state index in [9.17, 15) is 9.59 Å². The van der Waals surface area contributed by atoms with Crippen LogP contribution < -0.4 is 11.1 Å². The zero-order valence-electron chi connectivity index (χ0n) is 11.5. The van der Waals surface area contributed by atoms with Crippen LogP contribution >= 0.6 is 11.6 Å². The van der Waals surface area contributed by atoms with Gasteiger partial charge in [0.1, 0.15) is 6.61 Å². The van der Waals surface area contributed by atoms with E-state index >= 15 is 0 Å². The molecule has 0 fully saturated rings. The summed E-state index contributed by atoms with van der Waals surface area (Å²) in [4.78, 5) is 24.9. The fourth-order valence-corrected chi connectivity index (χ4v) is 1.65. The number of amides is 2. The molecular formula is C13H18ClN3O3. The fourth-order valence-electron chi connectivity index (χ4n) is 1.45. The number of ether oxygens (including phenoxy) is 1. The van der Waals surface area contributed by atoms with Crippen molar-refractivity contribution < 1.29 is 14.3 Å². The number of nitrogens with two attached hydrogens (primary N) is 1. The van der Waals surface area contributed by atoms with E-state index in [0.29, 0.717) is 29.4 Å². The zero-order chi connectivity index (χ0) is 15.1. The van der Waals surface area contributed by atoms with E-state index < -0.39 is 0 Å². The van der Waals surface area contributed by atoms with E-state index in [0.717, 1.165) is 0 Å². The molecule has 3 N–H and O–H groups in total. The van der Waals surface area contributed by atoms with E-state index in [4.69, 9.17) is 22.1 Å². The van der Waals surface area contributed by atoms with Crippen molar-refractivity contribution in [1.29, 1.82) is 0 Å². The highest BCUT2D eigenvalue weighted by molar-refractivity contribution is 6.34. The second-order valence-electron chi connectivity index (χ2n) is 4.28. The monoisotopic (exact) mass is 299 g/mol. The van der Waals surface area contributed by atoms with Gasteiger partial charge in [0.15, 0.2) is 0 Å². The van der Waals surface area contributed by atoms with Gasteiger partial charge in [-0.2, -0.15) is 0 Å². The summed E-state index contributed by atoms with van der Waals surface area (Å²) in [7, 11) is 3.26. The molecule has 1 aromatic carbocycles. The first-order valence-electron chi connectivity index (χ1n) is 6.04. The van der Waals surface area contributed by atoms with Gasteiger partial charge in [-0.25, -0.2) is 0 Å². The molecule has 6 nitrogen and oxygen atoms in total. The van der Waals surface area contributed by atoms with Gasteiger partial charge < -0.3 is 20.7 Å². The van der Waals surface area contributed by atoms with E-state index in [1.165, 1.54) is 11.0 Å². The number of carbonyl (C=O) groups is 2. The molecule has 0 aliphatic heterocycles. The molecule has 0 atom stereocenters. The van der Waals surface area contributed by atoms with Crippen molar-refractivity contribution >= 4 is 29.1 Å². The molecule has 0 bridgehead atoms. The first-order chi connectivity index (χ1) is 9.45. The summed E-state index contributed by atoms with van der Waals surface area (Å²) in [5.74, 6) is -0.547. The van der Waals surface area contributed by atoms with Crippen LogP contribution in [0, 0.1) is 0 Å². The van der Waals surface area contributed by atoms with Crippen LogP contribution in [0.15, 0.2) is 18.2 Å². The summed E-state index contributed by atoms with van der Waals surface area (Å²) in [5.41, 5.74) is 6.07. The van der Waals surface area contributed by atoms with Gasteiger partial charge in [-0.1, -0.05) is 11.6 Å². The molecule has 0 unspecified atom stereocenters. The Balaban J connectivity index is 2.75. The molecule has 0 saturated heterocycles. The molecular weight excluding hydrogens is 282 g/mol. The van der Waals surface area contributed by atoms with Gasteiger partial charge in [0.2, 0.25) is 5.91 Å². The summed E-state index contributed by atoms with van der Waals surface area (Å²) >= 11 is 5.98. The molecule has 0 spiro atoms. The maximum atomic E-state index is 11.9. The summed E-state index contributed by atoms with van der Waals surface area (Å²) in [5, 5.41) is 2.96. The Morgan fingerprint density at radius 2 is 2.10 bits per heavy atom. The lowest BCUT2D eigenvalue weighted by atomic mass is 10.1. The molecule has 1 aromatic rings. The van der Waals surface area contributed by atoms with Crippen LogP contribution in [0.2, 0.25) is 5.02 Å². The second-order valence-corrected chi connectivity index (χ2v) is 4.69. The molecule has 1 rings (SSSR count). The van der Waals surface area contributed by atoms with Gasteiger partial charge in [0.25, 0.3) is 5.91 Å². The van der Waals surface area contributed by atoms with Gasteiger partial charge in [-0.3, -0.25) is 9.59 Å². The van der Waals surface area contributed by atoms with Crippen molar-refractivity contribution in [2.45, 2.75) is 0 Å². The minimum absolute atomic E-state index is 0.0865. The van der Waals surface area contributed by atoms with E-state index in [2.05, 4.69) is 5.32 Å². The zero-order valence-corrected chi connectivity index (χ0v) is 12.2. The Morgan fingerprint density at radius 1 is 1.40 bits per heavy atom. The molecule has 0 aromatic heterocycles. The molecule has 0 heterocycles. The maximum Gasteiger partial charge on any atom is 0.254 e. The fraction of sp³-hybridized carbons (Fsp3) is 0.385. The number of hydrogen-bond acceptors (Lipinski definition) is 4. The van der Waals surface area contributed by atoms with Gasteiger partial charge >= 0.3 is 0 Å². The van der Waals surface area contributed by atoms with Crippen LogP contribution in [-0.4, -0.2) is 50.6 Å². The summed E-state index contributed by atoms with van der Waals surface area (Å²) in [6.07, 6.45) is 0. The van der Waals surface area contributed by atoms with Crippen molar-refractivity contribution in [3.63, 3.8) is 0 Å². The molecule has 7 heteroatoms. The molecule has 20 heavy (non-hydrogen) atoms. The highest BCUT2D eigenvalue weighted by Gasteiger charge is 2.13. The predicted octanol–water partition coefficient (Wildman–Crippen LogP) is 0.956. The van der Waals surface area contributed by atoms with Crippen molar-refractivity contribution in [3.05, 3.63) is 28.8 Å². The number of benzene rings is 1. The highest BCUT2D eigenvalue weighted by atomic mass is 35.5. The van der Waals surface area contributed by atoms with E-state index in [1.54, 1.807) is 26.2 Å². The van der Waals surface area contributed by atoms with Crippen LogP contribution in [0.25, 0.3) is 0 Å². The van der Waals surface area contributed by atoms with Crippen LogP contribution in [-0.2, 0) is 9.53 Å². The topological polar surface area (TPSA) is 84.7 Å². The predicted molar refractivity (Wildman–Crippen MR) is 78.0 cm³/mol. The van der Waals surface area contributed by atoms with Crippen LogP contribution in [0.3, 0.4) is 0 Å². The molecule has 0 saturated carbocycles. The van der Waals surface area contributed by atoms with Gasteiger partial charge in [-0.15, -0.1) is 0 Å². The smallest absolute Gasteiger partial charge is 0.254 e. The number of halogens is 1. The Hall–Kier alpha value is -1.63. The number of anilines is 1. The third-order valence-corrected chi connectivity index (χ3v) is 2.71. The highest BCUT2D eigenvalue weighted by Crippen LogP contribution is 2.21. The van der Waals surface area contributed by atoms with Crippen LogP contribution in [0.1, 0.15) is 10.4 Å². The lowest BCUT2D eigenvalue weighted by Gasteiger charge is -2.13. The second kappa shape index (κ2) is 7.84. The molecule has 0 aliphatic carbocycles. The minimum atomic E-state index is -0.316. The first-order valence-corrected chi connectivity index (χ1v) is 6.42. The maximum absolute atomic E-state index is 11.9. The number of nitrogens with zero attached hydrogens (tertiary/aromatic N) is 1. The Labute approximate surface area is 122 Å². The van der Waals surface area contributed by atoms with Crippen molar-refractivity contribution in [3.8, 4) is 0 Å². The standard InChI is InChI=1S/C13H18ClN3O3/c1-17(2)13(19)10-7-9(3-4-11(10)14)16-12(18)8-20-6-5-15/h3-4,7H,5-6,8,15H2,1-2H3,(H,16,18). The largest absolute Gasteiger partial charge is 0.370 e. The molecule has 0 radical (unpaired) electrons. The van der Waals surface area contributed by atoms with Crippen molar-refractivity contribution in [2.24, 2.45) is 5.73 Å². The first kappa shape index (κ1) is 16.4. The van der Waals surface area contributed by atoms with Crippen molar-refractivity contribution in [1.82, 2.24) is 4.90 Å². The van der Waals surface area contributed by atoms with Gasteiger partial charge in [0.05, 0.1) is 17.2 Å². The average Bonchev–Trinajstić information content (AvgIpc) is 2.40. The normalized spacial score (nSPS) is 10.2. The lowest BCUT2D eigenvalue weighted by Crippen LogP contribution is -2.23. The summed E-state index contributed by atoms with van der Waals surface area (Å²) < 4.78 is 5.02. The van der Waals surface area contributed by atoms with E-state index in [-0.39, 0.29) is 18.4 Å². The lowest BCUT2D eigenvalue weighted by molar-refractivity contribution is -0.120. The average molecular weight is 300 g/mol. The molecule has 110 valence electrons. The Bertz CT molecular complexity index is 492. The quantitative estimate of drug-likeness (QED) is 0.766. The SMILES string of the molecule is CN(C)C(=O)c1cc(NC(=O)COCCN)ccc1Cl. The van der Waals surface area contributed by atoms with E-state index in [1.807, 2.05) is 0 Å². The molecule has 2 amide bonds. The Kier molecular flexibility index (Phi) is 6.44. The van der Waals surface area contributed by atoms with Crippen LogP contribution in [0.5, 0.6) is 0 Å². The Morgan fingerprint density at radius 3 is 2.70 bits per heavy atom. The summed E-state index contributed by atoms with van der Waals surface area (Å²) in [6, 6.07) is 4.72. The number of nitrogens with one attached hydrogen (secondary N) is 1. The molecule has 0 aliphatic rings. The number of hydrogen-bond donors (Lipinski definition) is 2.